The van der Waals surface area contributed by atoms with E-state index in [1.165, 1.54) is 11.1 Å². The van der Waals surface area contributed by atoms with E-state index >= 15 is 0 Å². The molecule has 0 bridgehead atoms. The van der Waals surface area contributed by atoms with E-state index in [0.29, 0.717) is 17.3 Å². The van der Waals surface area contributed by atoms with Gasteiger partial charge in [-0.25, -0.2) is 0 Å². The lowest BCUT2D eigenvalue weighted by Crippen LogP contribution is -2.10. The van der Waals surface area contributed by atoms with E-state index in [1.807, 2.05) is 0 Å². The van der Waals surface area contributed by atoms with Crippen LogP contribution in [0.25, 0.3) is 0 Å². The molecule has 1 aliphatic rings. The molecule has 2 rings (SSSR count). The van der Waals surface area contributed by atoms with Crippen LogP contribution < -0.4 is 5.73 Å². The second-order valence-electron chi connectivity index (χ2n) is 7.01. The Balaban J connectivity index is 2.21. The maximum atomic E-state index is 5.84. The van der Waals surface area contributed by atoms with Crippen molar-refractivity contribution in [3.63, 3.8) is 0 Å². The normalized spacial score (nSPS) is 26.9. The fraction of sp³-hybridized carbons (Fsp3) is 0.625. The first-order valence-electron chi connectivity index (χ1n) is 6.59. The van der Waals surface area contributed by atoms with Crippen LogP contribution in [0.1, 0.15) is 51.7 Å². The van der Waals surface area contributed by atoms with Crippen LogP contribution in [0.4, 0.5) is 0 Å². The molecule has 1 aromatic carbocycles. The monoisotopic (exact) mass is 231 g/mol. The topological polar surface area (TPSA) is 26.0 Å². The second-order valence-corrected chi connectivity index (χ2v) is 7.01. The molecule has 0 amide bonds. The van der Waals surface area contributed by atoms with Crippen LogP contribution in [0.3, 0.4) is 0 Å². The van der Waals surface area contributed by atoms with Gasteiger partial charge in [-0.05, 0) is 40.3 Å². The molecule has 1 heteroatoms. The van der Waals surface area contributed by atoms with Crippen LogP contribution in [0.5, 0.6) is 0 Å². The highest BCUT2D eigenvalue weighted by Crippen LogP contribution is 2.63. The van der Waals surface area contributed by atoms with E-state index in [4.69, 9.17) is 5.73 Å². The molecule has 17 heavy (non-hydrogen) atoms. The predicted molar refractivity (Wildman–Crippen MR) is 74.2 cm³/mol. The fourth-order valence-corrected chi connectivity index (χ4v) is 3.04. The molecular formula is C16H25N. The molecule has 0 unspecified atom stereocenters. The van der Waals surface area contributed by atoms with Crippen molar-refractivity contribution in [1.29, 1.82) is 0 Å². The number of hydrogen-bond acceptors (Lipinski definition) is 1. The Morgan fingerprint density at radius 1 is 1.12 bits per heavy atom. The Bertz CT molecular complexity index is 395. The Labute approximate surface area is 105 Å². The molecule has 0 aromatic heterocycles. The van der Waals surface area contributed by atoms with E-state index in [1.54, 1.807) is 0 Å². The smallest absolute Gasteiger partial charge is 0.00375 e. The zero-order valence-electron chi connectivity index (χ0n) is 11.7. The summed E-state index contributed by atoms with van der Waals surface area (Å²) in [6.07, 6.45) is 0. The lowest BCUT2D eigenvalue weighted by atomic mass is 9.86. The summed E-state index contributed by atoms with van der Waals surface area (Å²) >= 11 is 0. The molecule has 0 saturated heterocycles. The van der Waals surface area contributed by atoms with Gasteiger partial charge in [0.25, 0.3) is 0 Å². The van der Waals surface area contributed by atoms with Crippen molar-refractivity contribution < 1.29 is 0 Å². The van der Waals surface area contributed by atoms with Crippen molar-refractivity contribution in [2.45, 2.75) is 46.0 Å². The molecule has 0 aliphatic heterocycles. The number of rotatable bonds is 2. The fourth-order valence-electron chi connectivity index (χ4n) is 3.04. The summed E-state index contributed by atoms with van der Waals surface area (Å²) in [5, 5.41) is 0. The van der Waals surface area contributed by atoms with Crippen LogP contribution in [-0.2, 0) is 5.41 Å². The Morgan fingerprint density at radius 2 is 1.65 bits per heavy atom. The molecule has 0 spiro atoms. The van der Waals surface area contributed by atoms with E-state index in [-0.39, 0.29) is 5.41 Å². The van der Waals surface area contributed by atoms with Gasteiger partial charge in [-0.1, -0.05) is 58.9 Å². The minimum Gasteiger partial charge on any atom is -0.330 e. The number of nitrogens with two attached hydrogens (primary N) is 1. The zero-order valence-corrected chi connectivity index (χ0v) is 11.7. The molecule has 2 N–H and O–H groups in total. The standard InChI is InChI=1S/C16H25N/c1-15(2,3)12-8-6-11(7-9-12)14-13(10-17)16(14,4)5/h6-9,13-14H,10,17H2,1-5H3/t13-,14-/m1/s1. The first-order chi connectivity index (χ1) is 7.78. The lowest BCUT2D eigenvalue weighted by Gasteiger charge is -2.19. The summed E-state index contributed by atoms with van der Waals surface area (Å²) in [5.74, 6) is 1.31. The third-order valence-electron chi connectivity index (χ3n) is 4.44. The first-order valence-corrected chi connectivity index (χ1v) is 6.59. The van der Waals surface area contributed by atoms with Crippen LogP contribution in [0.15, 0.2) is 24.3 Å². The summed E-state index contributed by atoms with van der Waals surface area (Å²) in [7, 11) is 0. The van der Waals surface area contributed by atoms with Gasteiger partial charge >= 0.3 is 0 Å². The lowest BCUT2D eigenvalue weighted by molar-refractivity contribution is 0.558. The number of benzene rings is 1. The van der Waals surface area contributed by atoms with Crippen LogP contribution in [0.2, 0.25) is 0 Å². The third kappa shape index (κ3) is 2.13. The van der Waals surface area contributed by atoms with Gasteiger partial charge in [0, 0.05) is 0 Å². The molecule has 94 valence electrons. The van der Waals surface area contributed by atoms with Crippen molar-refractivity contribution in [2.75, 3.05) is 6.54 Å². The Kier molecular flexibility index (Phi) is 2.86. The molecular weight excluding hydrogens is 206 g/mol. The van der Waals surface area contributed by atoms with Gasteiger partial charge in [0.05, 0.1) is 0 Å². The van der Waals surface area contributed by atoms with Crippen molar-refractivity contribution in [3.05, 3.63) is 35.4 Å². The zero-order chi connectivity index (χ0) is 12.8. The Morgan fingerprint density at radius 3 is 2.00 bits per heavy atom. The molecule has 1 aromatic rings. The molecule has 2 atom stereocenters. The SMILES string of the molecule is CC(C)(C)c1ccc([C@@H]2[C@@H](CN)C2(C)C)cc1. The molecule has 1 fully saturated rings. The highest BCUT2D eigenvalue weighted by molar-refractivity contribution is 5.35. The average molecular weight is 231 g/mol. The largest absolute Gasteiger partial charge is 0.330 e. The van der Waals surface area contributed by atoms with Crippen LogP contribution >= 0.6 is 0 Å². The molecule has 0 heterocycles. The van der Waals surface area contributed by atoms with Crippen molar-refractivity contribution >= 4 is 0 Å². The molecule has 1 saturated carbocycles. The molecule has 0 radical (unpaired) electrons. The number of hydrogen-bond donors (Lipinski definition) is 1. The van der Waals surface area contributed by atoms with E-state index in [9.17, 15) is 0 Å². The highest BCUT2D eigenvalue weighted by Gasteiger charge is 2.57. The maximum absolute atomic E-state index is 5.84. The summed E-state index contributed by atoms with van der Waals surface area (Å²) in [5.41, 5.74) is 9.33. The van der Waals surface area contributed by atoms with Gasteiger partial charge in [0.2, 0.25) is 0 Å². The van der Waals surface area contributed by atoms with Gasteiger partial charge < -0.3 is 5.73 Å². The summed E-state index contributed by atoms with van der Waals surface area (Å²) < 4.78 is 0. The minimum absolute atomic E-state index is 0.241. The van der Waals surface area contributed by atoms with Crippen molar-refractivity contribution in [1.82, 2.24) is 0 Å². The first kappa shape index (κ1) is 12.6. The van der Waals surface area contributed by atoms with Gasteiger partial charge in [-0.3, -0.25) is 0 Å². The van der Waals surface area contributed by atoms with E-state index in [2.05, 4.69) is 58.9 Å². The van der Waals surface area contributed by atoms with Crippen molar-refractivity contribution in [3.8, 4) is 0 Å². The van der Waals surface area contributed by atoms with Gasteiger partial charge in [-0.15, -0.1) is 0 Å². The Hall–Kier alpha value is -0.820. The predicted octanol–water partition coefficient (Wildman–Crippen LogP) is 3.68. The van der Waals surface area contributed by atoms with E-state index < -0.39 is 0 Å². The van der Waals surface area contributed by atoms with Gasteiger partial charge in [-0.2, -0.15) is 0 Å². The summed E-state index contributed by atoms with van der Waals surface area (Å²) in [6.45, 7) is 12.2. The van der Waals surface area contributed by atoms with Gasteiger partial charge in [0.15, 0.2) is 0 Å². The van der Waals surface area contributed by atoms with Crippen molar-refractivity contribution in [2.24, 2.45) is 17.1 Å². The van der Waals surface area contributed by atoms with Gasteiger partial charge in [0.1, 0.15) is 0 Å². The summed E-state index contributed by atoms with van der Waals surface area (Å²) in [6, 6.07) is 9.14. The maximum Gasteiger partial charge on any atom is -0.00375 e. The summed E-state index contributed by atoms with van der Waals surface area (Å²) in [4.78, 5) is 0. The third-order valence-corrected chi connectivity index (χ3v) is 4.44. The minimum atomic E-state index is 0.241. The molecule has 1 aliphatic carbocycles. The van der Waals surface area contributed by atoms with Crippen LogP contribution in [-0.4, -0.2) is 6.54 Å². The van der Waals surface area contributed by atoms with E-state index in [0.717, 1.165) is 6.54 Å². The molecule has 1 nitrogen and oxygen atoms in total. The quantitative estimate of drug-likeness (QED) is 0.825. The second kappa shape index (κ2) is 3.84. The van der Waals surface area contributed by atoms with Crippen LogP contribution in [0, 0.1) is 11.3 Å². The average Bonchev–Trinajstić information content (AvgIpc) is 2.79. The highest BCUT2D eigenvalue weighted by atomic mass is 14.7.